The summed E-state index contributed by atoms with van der Waals surface area (Å²) in [5.41, 5.74) is 0.732. The lowest BCUT2D eigenvalue weighted by molar-refractivity contribution is -0.0505. The first kappa shape index (κ1) is 18.4. The summed E-state index contributed by atoms with van der Waals surface area (Å²) < 4.78 is 30.2. The monoisotopic (exact) mass is 363 g/mol. The number of nitrogens with one attached hydrogen (secondary N) is 1. The summed E-state index contributed by atoms with van der Waals surface area (Å²) in [6.07, 6.45) is 0. The number of alkyl halides is 2. The zero-order valence-electron chi connectivity index (χ0n) is 13.0. The lowest BCUT2D eigenvalue weighted by Crippen LogP contribution is -2.29. The normalized spacial score (nSPS) is 12.0. The maximum atomic E-state index is 12.4. The van der Waals surface area contributed by atoms with Gasteiger partial charge in [0.25, 0.3) is 0 Å². The molecule has 0 aliphatic carbocycles. The highest BCUT2D eigenvalue weighted by molar-refractivity contribution is 9.10. The van der Waals surface area contributed by atoms with Gasteiger partial charge in [-0.25, -0.2) is 0 Å². The molecule has 0 aromatic heterocycles. The van der Waals surface area contributed by atoms with Crippen molar-refractivity contribution >= 4 is 15.9 Å². The molecular formula is C16H24BrF2NO. The number of benzene rings is 1. The molecule has 2 nitrogen and oxygen atoms in total. The summed E-state index contributed by atoms with van der Waals surface area (Å²) in [6.45, 7) is 7.39. The molecule has 0 unspecified atom stereocenters. The smallest absolute Gasteiger partial charge is 0.387 e. The van der Waals surface area contributed by atoms with Gasteiger partial charge in [0.2, 0.25) is 0 Å². The zero-order valence-corrected chi connectivity index (χ0v) is 14.6. The van der Waals surface area contributed by atoms with Gasteiger partial charge in [0, 0.05) is 16.6 Å². The van der Waals surface area contributed by atoms with E-state index in [-0.39, 0.29) is 5.75 Å². The Morgan fingerprint density at radius 1 is 1.14 bits per heavy atom. The van der Waals surface area contributed by atoms with Crippen LogP contribution in [0.4, 0.5) is 8.78 Å². The molecule has 1 aromatic rings. The average molecular weight is 364 g/mol. The Morgan fingerprint density at radius 3 is 2.29 bits per heavy atom. The summed E-state index contributed by atoms with van der Waals surface area (Å²) >= 11 is 3.36. The van der Waals surface area contributed by atoms with Crippen LogP contribution in [0.2, 0.25) is 0 Å². The Bertz CT molecular complexity index is 430. The van der Waals surface area contributed by atoms with Gasteiger partial charge in [-0.3, -0.25) is 0 Å². The summed E-state index contributed by atoms with van der Waals surface area (Å²) in [7, 11) is 0. The molecule has 0 saturated carbocycles. The van der Waals surface area contributed by atoms with E-state index in [2.05, 4.69) is 53.7 Å². The van der Waals surface area contributed by atoms with Crippen LogP contribution in [-0.2, 0) is 6.54 Å². The SMILES string of the molecule is CC(C)C(CNCc1cc(Br)ccc1OC(F)F)C(C)C. The molecule has 0 heterocycles. The molecule has 21 heavy (non-hydrogen) atoms. The Balaban J connectivity index is 2.67. The molecule has 0 spiro atoms. The fourth-order valence-electron chi connectivity index (χ4n) is 2.51. The van der Waals surface area contributed by atoms with Crippen LogP contribution in [-0.4, -0.2) is 13.2 Å². The highest BCUT2D eigenvalue weighted by Crippen LogP contribution is 2.25. The van der Waals surface area contributed by atoms with Gasteiger partial charge < -0.3 is 10.1 Å². The molecule has 0 amide bonds. The molecule has 1 aromatic carbocycles. The van der Waals surface area contributed by atoms with Gasteiger partial charge in [-0.2, -0.15) is 8.78 Å². The largest absolute Gasteiger partial charge is 0.434 e. The van der Waals surface area contributed by atoms with Gasteiger partial charge in [0.05, 0.1) is 0 Å². The molecule has 0 radical (unpaired) electrons. The molecule has 120 valence electrons. The molecule has 5 heteroatoms. The van der Waals surface area contributed by atoms with Crippen molar-refractivity contribution in [3.05, 3.63) is 28.2 Å². The number of halogens is 3. The summed E-state index contributed by atoms with van der Waals surface area (Å²) in [6, 6.07) is 5.08. The van der Waals surface area contributed by atoms with Crippen molar-refractivity contribution in [2.24, 2.45) is 17.8 Å². The molecule has 0 saturated heterocycles. The fourth-order valence-corrected chi connectivity index (χ4v) is 2.92. The van der Waals surface area contributed by atoms with Crippen LogP contribution in [0.5, 0.6) is 5.75 Å². The molecule has 0 atom stereocenters. The van der Waals surface area contributed by atoms with Crippen molar-refractivity contribution in [3.63, 3.8) is 0 Å². The van der Waals surface area contributed by atoms with Gasteiger partial charge in [0.1, 0.15) is 5.75 Å². The maximum Gasteiger partial charge on any atom is 0.387 e. The second-order valence-electron chi connectivity index (χ2n) is 5.91. The van der Waals surface area contributed by atoms with Crippen molar-refractivity contribution in [1.82, 2.24) is 5.32 Å². The topological polar surface area (TPSA) is 21.3 Å². The summed E-state index contributed by atoms with van der Waals surface area (Å²) in [5.74, 6) is 1.94. The van der Waals surface area contributed by atoms with Gasteiger partial charge in [-0.05, 0) is 42.5 Å². The maximum absolute atomic E-state index is 12.4. The van der Waals surface area contributed by atoms with Crippen LogP contribution >= 0.6 is 15.9 Å². The van der Waals surface area contributed by atoms with Gasteiger partial charge in [-0.15, -0.1) is 0 Å². The van der Waals surface area contributed by atoms with Crippen molar-refractivity contribution in [3.8, 4) is 5.75 Å². The van der Waals surface area contributed by atoms with E-state index in [0.29, 0.717) is 24.3 Å². The van der Waals surface area contributed by atoms with Gasteiger partial charge >= 0.3 is 6.61 Å². The van der Waals surface area contributed by atoms with Crippen LogP contribution in [0.25, 0.3) is 0 Å². The summed E-state index contributed by atoms with van der Waals surface area (Å²) in [5, 5.41) is 3.36. The molecule has 0 aliphatic heterocycles. The van der Waals surface area contributed by atoms with Crippen LogP contribution in [0.15, 0.2) is 22.7 Å². The Hall–Kier alpha value is -0.680. The van der Waals surface area contributed by atoms with Crippen LogP contribution in [0, 0.1) is 17.8 Å². The average Bonchev–Trinajstić information content (AvgIpc) is 2.36. The van der Waals surface area contributed by atoms with Crippen molar-refractivity contribution < 1.29 is 13.5 Å². The first-order valence-corrected chi connectivity index (χ1v) is 8.04. The Labute approximate surface area is 134 Å². The predicted molar refractivity (Wildman–Crippen MR) is 85.6 cm³/mol. The van der Waals surface area contributed by atoms with E-state index >= 15 is 0 Å². The number of hydrogen-bond donors (Lipinski definition) is 1. The molecule has 1 N–H and O–H groups in total. The molecule has 0 aliphatic rings. The molecule has 0 fully saturated rings. The van der Waals surface area contributed by atoms with Crippen LogP contribution < -0.4 is 10.1 Å². The van der Waals surface area contributed by atoms with Crippen molar-refractivity contribution in [2.45, 2.75) is 40.9 Å². The number of hydrogen-bond acceptors (Lipinski definition) is 2. The van der Waals surface area contributed by atoms with Crippen LogP contribution in [0.3, 0.4) is 0 Å². The standard InChI is InChI=1S/C16H24BrF2NO/c1-10(2)14(11(3)4)9-20-8-12-7-13(17)5-6-15(12)21-16(18)19/h5-7,10-11,14,16,20H,8-9H2,1-4H3. The highest BCUT2D eigenvalue weighted by atomic mass is 79.9. The summed E-state index contributed by atoms with van der Waals surface area (Å²) in [4.78, 5) is 0. The van der Waals surface area contributed by atoms with Crippen molar-refractivity contribution in [1.29, 1.82) is 0 Å². The van der Waals surface area contributed by atoms with E-state index < -0.39 is 6.61 Å². The number of rotatable bonds is 8. The minimum Gasteiger partial charge on any atom is -0.434 e. The predicted octanol–water partition coefficient (Wildman–Crippen LogP) is 5.07. The number of ether oxygens (including phenoxy) is 1. The quantitative estimate of drug-likeness (QED) is 0.696. The Kier molecular flexibility index (Phi) is 7.60. The second-order valence-corrected chi connectivity index (χ2v) is 6.83. The second kappa shape index (κ2) is 8.69. The fraction of sp³-hybridized carbons (Fsp3) is 0.625. The third kappa shape index (κ3) is 6.30. The van der Waals surface area contributed by atoms with E-state index in [1.807, 2.05) is 6.07 Å². The first-order valence-electron chi connectivity index (χ1n) is 7.25. The van der Waals surface area contributed by atoms with E-state index in [0.717, 1.165) is 16.6 Å². The minimum atomic E-state index is -2.80. The van der Waals surface area contributed by atoms with Crippen LogP contribution in [0.1, 0.15) is 33.3 Å². The van der Waals surface area contributed by atoms with E-state index in [4.69, 9.17) is 0 Å². The lowest BCUT2D eigenvalue weighted by Gasteiger charge is -2.25. The third-order valence-electron chi connectivity index (χ3n) is 3.65. The van der Waals surface area contributed by atoms with Crippen molar-refractivity contribution in [2.75, 3.05) is 6.54 Å². The molecule has 1 rings (SSSR count). The first-order chi connectivity index (χ1) is 9.81. The molecular weight excluding hydrogens is 340 g/mol. The van der Waals surface area contributed by atoms with Gasteiger partial charge in [0.15, 0.2) is 0 Å². The molecule has 0 bridgehead atoms. The highest BCUT2D eigenvalue weighted by Gasteiger charge is 2.17. The van der Waals surface area contributed by atoms with E-state index in [1.165, 1.54) is 0 Å². The van der Waals surface area contributed by atoms with E-state index in [1.54, 1.807) is 12.1 Å². The van der Waals surface area contributed by atoms with E-state index in [9.17, 15) is 8.78 Å². The third-order valence-corrected chi connectivity index (χ3v) is 4.14. The Morgan fingerprint density at radius 2 is 1.76 bits per heavy atom. The lowest BCUT2D eigenvalue weighted by atomic mass is 9.85. The zero-order chi connectivity index (χ0) is 16.0. The minimum absolute atomic E-state index is 0.228. The van der Waals surface area contributed by atoms with Gasteiger partial charge in [-0.1, -0.05) is 43.6 Å².